The first-order valence-electron chi connectivity index (χ1n) is 9.50. The lowest BCUT2D eigenvalue weighted by atomic mass is 10.1. The van der Waals surface area contributed by atoms with Gasteiger partial charge in [-0.15, -0.1) is 0 Å². The molecule has 6 heteroatoms. The molecule has 3 aromatic rings. The van der Waals surface area contributed by atoms with E-state index in [-0.39, 0.29) is 0 Å². The molecule has 27 heavy (non-hydrogen) atoms. The molecule has 2 aromatic heterocycles. The summed E-state index contributed by atoms with van der Waals surface area (Å²) < 4.78 is 5.35. The summed E-state index contributed by atoms with van der Waals surface area (Å²) in [6.45, 7) is 4.79. The van der Waals surface area contributed by atoms with Gasteiger partial charge in [0.25, 0.3) is 0 Å². The Labute approximate surface area is 159 Å². The predicted molar refractivity (Wildman–Crippen MR) is 109 cm³/mol. The molecule has 0 spiro atoms. The second-order valence-corrected chi connectivity index (χ2v) is 6.84. The molecule has 140 valence electrons. The van der Waals surface area contributed by atoms with E-state index in [1.54, 1.807) is 6.26 Å². The second-order valence-electron chi connectivity index (χ2n) is 6.84. The zero-order valence-electron chi connectivity index (χ0n) is 15.6. The molecule has 0 aliphatic carbocycles. The molecule has 0 unspecified atom stereocenters. The van der Waals surface area contributed by atoms with Crippen molar-refractivity contribution in [1.82, 2.24) is 9.97 Å². The summed E-state index contributed by atoms with van der Waals surface area (Å²) in [6.07, 6.45) is 5.59. The zero-order chi connectivity index (χ0) is 18.5. The maximum Gasteiger partial charge on any atom is 0.136 e. The molecule has 1 aliphatic rings. The van der Waals surface area contributed by atoms with Crippen molar-refractivity contribution in [2.75, 3.05) is 28.6 Å². The van der Waals surface area contributed by atoms with Crippen LogP contribution in [0.4, 0.5) is 23.0 Å². The molecule has 1 fully saturated rings. The first kappa shape index (κ1) is 17.4. The summed E-state index contributed by atoms with van der Waals surface area (Å²) in [6, 6.07) is 14.3. The number of hydrogen-bond donors (Lipinski definition) is 2. The van der Waals surface area contributed by atoms with Gasteiger partial charge in [-0.25, -0.2) is 9.97 Å². The summed E-state index contributed by atoms with van der Waals surface area (Å²) in [5.74, 6) is 3.13. The van der Waals surface area contributed by atoms with Gasteiger partial charge in [-0.3, -0.25) is 0 Å². The molecular formula is C21H25N5O. The lowest BCUT2D eigenvalue weighted by molar-refractivity contribution is 0.518. The van der Waals surface area contributed by atoms with Crippen molar-refractivity contribution in [1.29, 1.82) is 0 Å². The molecule has 1 saturated heterocycles. The Morgan fingerprint density at radius 3 is 2.52 bits per heavy atom. The summed E-state index contributed by atoms with van der Waals surface area (Å²) in [5, 5.41) is 6.65. The Balaban J connectivity index is 1.42. The monoisotopic (exact) mass is 363 g/mol. The van der Waals surface area contributed by atoms with Crippen LogP contribution in [-0.4, -0.2) is 23.1 Å². The van der Waals surface area contributed by atoms with Crippen molar-refractivity contribution < 1.29 is 4.42 Å². The van der Waals surface area contributed by atoms with Crippen molar-refractivity contribution >= 4 is 23.0 Å². The normalized spacial score (nSPS) is 14.2. The summed E-state index contributed by atoms with van der Waals surface area (Å²) in [5.41, 5.74) is 2.31. The highest BCUT2D eigenvalue weighted by atomic mass is 16.3. The van der Waals surface area contributed by atoms with Crippen LogP contribution in [0.1, 0.15) is 30.8 Å². The van der Waals surface area contributed by atoms with Crippen LogP contribution >= 0.6 is 0 Å². The number of aryl methyl sites for hydroxylation is 1. The number of benzene rings is 1. The van der Waals surface area contributed by atoms with E-state index in [1.165, 1.54) is 24.9 Å². The fraction of sp³-hybridized carbons (Fsp3) is 0.333. The van der Waals surface area contributed by atoms with E-state index in [0.29, 0.717) is 12.4 Å². The Bertz CT molecular complexity index is 855. The lowest BCUT2D eigenvalue weighted by Crippen LogP contribution is -2.29. The molecule has 0 radical (unpaired) electrons. The maximum absolute atomic E-state index is 5.35. The summed E-state index contributed by atoms with van der Waals surface area (Å²) in [4.78, 5) is 11.4. The largest absolute Gasteiger partial charge is 0.467 e. The van der Waals surface area contributed by atoms with Crippen molar-refractivity contribution in [2.45, 2.75) is 32.7 Å². The molecule has 0 bridgehead atoms. The van der Waals surface area contributed by atoms with Crippen LogP contribution < -0.4 is 15.5 Å². The minimum atomic E-state index is 0.591. The van der Waals surface area contributed by atoms with E-state index in [4.69, 9.17) is 4.42 Å². The predicted octanol–water partition coefficient (Wildman–Crippen LogP) is 4.72. The topological polar surface area (TPSA) is 66.2 Å². The van der Waals surface area contributed by atoms with E-state index in [0.717, 1.165) is 36.2 Å². The smallest absolute Gasteiger partial charge is 0.136 e. The van der Waals surface area contributed by atoms with Gasteiger partial charge in [0, 0.05) is 30.5 Å². The third kappa shape index (κ3) is 4.58. The van der Waals surface area contributed by atoms with Crippen LogP contribution in [-0.2, 0) is 6.54 Å². The molecule has 6 nitrogen and oxygen atoms in total. The highest BCUT2D eigenvalue weighted by Crippen LogP contribution is 2.24. The highest BCUT2D eigenvalue weighted by Gasteiger charge is 2.10. The van der Waals surface area contributed by atoms with E-state index in [2.05, 4.69) is 49.8 Å². The van der Waals surface area contributed by atoms with Crippen molar-refractivity contribution in [3.63, 3.8) is 0 Å². The van der Waals surface area contributed by atoms with Crippen LogP contribution in [0.25, 0.3) is 0 Å². The molecular weight excluding hydrogens is 338 g/mol. The minimum Gasteiger partial charge on any atom is -0.467 e. The Kier molecular flexibility index (Phi) is 5.23. The standard InChI is InChI=1S/C21H25N5O/c1-16-23-20(22-15-19-6-5-13-27-19)14-21(24-16)25-17-7-9-18(10-8-17)26-11-3-2-4-12-26/h5-10,13-14H,2-4,11-12,15H2,1H3,(H2,22,23,24,25). The summed E-state index contributed by atoms with van der Waals surface area (Å²) >= 11 is 0. The average molecular weight is 363 g/mol. The van der Waals surface area contributed by atoms with Gasteiger partial charge >= 0.3 is 0 Å². The molecule has 3 heterocycles. The minimum absolute atomic E-state index is 0.591. The molecule has 2 N–H and O–H groups in total. The first-order valence-corrected chi connectivity index (χ1v) is 9.50. The fourth-order valence-corrected chi connectivity index (χ4v) is 3.37. The quantitative estimate of drug-likeness (QED) is 0.660. The first-order chi connectivity index (χ1) is 13.3. The van der Waals surface area contributed by atoms with Crippen LogP contribution in [0.5, 0.6) is 0 Å². The molecule has 4 rings (SSSR count). The number of anilines is 4. The number of rotatable bonds is 6. The Morgan fingerprint density at radius 2 is 1.78 bits per heavy atom. The zero-order valence-corrected chi connectivity index (χ0v) is 15.6. The van der Waals surface area contributed by atoms with Crippen LogP contribution in [0.15, 0.2) is 53.1 Å². The number of piperidine rings is 1. The number of hydrogen-bond acceptors (Lipinski definition) is 6. The van der Waals surface area contributed by atoms with Gasteiger partial charge < -0.3 is 20.0 Å². The third-order valence-corrected chi connectivity index (χ3v) is 4.72. The van der Waals surface area contributed by atoms with Crippen LogP contribution in [0.3, 0.4) is 0 Å². The molecule has 0 saturated carbocycles. The highest BCUT2D eigenvalue weighted by molar-refractivity contribution is 5.62. The maximum atomic E-state index is 5.35. The molecule has 0 amide bonds. The van der Waals surface area contributed by atoms with E-state index in [9.17, 15) is 0 Å². The van der Waals surface area contributed by atoms with Gasteiger partial charge in [0.2, 0.25) is 0 Å². The van der Waals surface area contributed by atoms with Crippen LogP contribution in [0, 0.1) is 6.92 Å². The van der Waals surface area contributed by atoms with Gasteiger partial charge in [-0.2, -0.15) is 0 Å². The van der Waals surface area contributed by atoms with E-state index < -0.39 is 0 Å². The van der Waals surface area contributed by atoms with Gasteiger partial charge in [-0.05, 0) is 62.6 Å². The lowest BCUT2D eigenvalue weighted by Gasteiger charge is -2.28. The third-order valence-electron chi connectivity index (χ3n) is 4.72. The van der Waals surface area contributed by atoms with Crippen LogP contribution in [0.2, 0.25) is 0 Å². The second kappa shape index (κ2) is 8.12. The van der Waals surface area contributed by atoms with Crippen molar-refractivity contribution in [2.24, 2.45) is 0 Å². The molecule has 0 atom stereocenters. The Hall–Kier alpha value is -3.02. The number of nitrogens with one attached hydrogen (secondary N) is 2. The van der Waals surface area contributed by atoms with Crippen molar-refractivity contribution in [3.8, 4) is 0 Å². The summed E-state index contributed by atoms with van der Waals surface area (Å²) in [7, 11) is 0. The van der Waals surface area contributed by atoms with Gasteiger partial charge in [0.05, 0.1) is 12.8 Å². The number of nitrogens with zero attached hydrogens (tertiary/aromatic N) is 3. The Morgan fingerprint density at radius 1 is 1.00 bits per heavy atom. The molecule has 1 aromatic carbocycles. The van der Waals surface area contributed by atoms with E-state index >= 15 is 0 Å². The van der Waals surface area contributed by atoms with E-state index in [1.807, 2.05) is 25.1 Å². The fourth-order valence-electron chi connectivity index (χ4n) is 3.37. The number of furan rings is 1. The molecule has 1 aliphatic heterocycles. The van der Waals surface area contributed by atoms with Crippen molar-refractivity contribution in [3.05, 3.63) is 60.3 Å². The van der Waals surface area contributed by atoms with Gasteiger partial charge in [-0.1, -0.05) is 0 Å². The average Bonchev–Trinajstić information content (AvgIpc) is 3.21. The SMILES string of the molecule is Cc1nc(NCc2ccco2)cc(Nc2ccc(N3CCCCC3)cc2)n1. The van der Waals surface area contributed by atoms with Gasteiger partial charge in [0.1, 0.15) is 23.2 Å². The van der Waals surface area contributed by atoms with Gasteiger partial charge in [0.15, 0.2) is 0 Å². The number of aromatic nitrogens is 2.